The lowest BCUT2D eigenvalue weighted by molar-refractivity contribution is 0.609. The number of aryl methyl sites for hydroxylation is 5. The molecule has 0 aromatic heterocycles. The van der Waals surface area contributed by atoms with Crippen molar-refractivity contribution in [1.82, 2.24) is 0 Å². The highest BCUT2D eigenvalue weighted by Gasteiger charge is 2.05. The first-order valence-corrected chi connectivity index (χ1v) is 8.82. The molecule has 1 heteroatoms. The van der Waals surface area contributed by atoms with Gasteiger partial charge in [-0.2, -0.15) is 0 Å². The molecule has 26 heavy (non-hydrogen) atoms. The number of rotatable bonds is 1. The van der Waals surface area contributed by atoms with Gasteiger partial charge in [-0.15, -0.1) is 0 Å². The van der Waals surface area contributed by atoms with Gasteiger partial charge in [0.15, 0.2) is 0 Å². The van der Waals surface area contributed by atoms with Crippen LogP contribution in [0.5, 0.6) is 0 Å². The van der Waals surface area contributed by atoms with Crippen LogP contribution in [0.15, 0.2) is 48.5 Å². The van der Waals surface area contributed by atoms with E-state index in [0.29, 0.717) is 11.1 Å². The highest BCUT2D eigenvalue weighted by Crippen LogP contribution is 2.26. The first-order valence-electron chi connectivity index (χ1n) is 8.82. The van der Waals surface area contributed by atoms with Crippen molar-refractivity contribution in [1.29, 1.82) is 0 Å². The average Bonchev–Trinajstić information content (AvgIpc) is 2.58. The molecule has 3 aromatic carbocycles. The summed E-state index contributed by atoms with van der Waals surface area (Å²) < 4.78 is 13.8. The van der Waals surface area contributed by atoms with Crippen molar-refractivity contribution >= 4 is 0 Å². The normalized spacial score (nSPS) is 10.4. The smallest absolute Gasteiger partial charge is 0.129 e. The SMILES string of the molecule is Cc1ccc(-c2ccc(C#Cc3cc(C)c(F)c(C)c3)c(C)c2)c(C)c1. The van der Waals surface area contributed by atoms with Gasteiger partial charge in [0.05, 0.1) is 0 Å². The fourth-order valence-corrected chi connectivity index (χ4v) is 3.27. The monoisotopic (exact) mass is 342 g/mol. The Labute approximate surface area is 155 Å². The van der Waals surface area contributed by atoms with E-state index in [9.17, 15) is 4.39 Å². The largest absolute Gasteiger partial charge is 0.206 e. The number of hydrogen-bond donors (Lipinski definition) is 0. The summed E-state index contributed by atoms with van der Waals surface area (Å²) in [6.45, 7) is 9.89. The Balaban J connectivity index is 1.94. The van der Waals surface area contributed by atoms with E-state index in [4.69, 9.17) is 0 Å². The predicted octanol–water partition coefficient (Wildman–Crippen LogP) is 6.43. The second-order valence-corrected chi connectivity index (χ2v) is 7.02. The quantitative estimate of drug-likeness (QED) is 0.447. The van der Waals surface area contributed by atoms with Crippen LogP contribution in [0.1, 0.15) is 38.9 Å². The van der Waals surface area contributed by atoms with Crippen molar-refractivity contribution < 1.29 is 4.39 Å². The van der Waals surface area contributed by atoms with Gasteiger partial charge in [-0.05, 0) is 86.2 Å². The maximum atomic E-state index is 13.8. The molecule has 0 radical (unpaired) electrons. The Hall–Kier alpha value is -2.85. The van der Waals surface area contributed by atoms with Crippen LogP contribution in [-0.4, -0.2) is 0 Å². The molecular weight excluding hydrogens is 319 g/mol. The zero-order valence-corrected chi connectivity index (χ0v) is 16.0. The third kappa shape index (κ3) is 3.70. The molecule has 0 fully saturated rings. The Morgan fingerprint density at radius 2 is 1.35 bits per heavy atom. The van der Waals surface area contributed by atoms with E-state index < -0.39 is 0 Å². The molecule has 0 nitrogen and oxygen atoms in total. The van der Waals surface area contributed by atoms with Gasteiger partial charge in [0.25, 0.3) is 0 Å². The molecule has 0 spiro atoms. The van der Waals surface area contributed by atoms with Crippen LogP contribution in [-0.2, 0) is 0 Å². The van der Waals surface area contributed by atoms with Crippen molar-refractivity contribution in [3.8, 4) is 23.0 Å². The fourth-order valence-electron chi connectivity index (χ4n) is 3.27. The molecule has 3 aromatic rings. The van der Waals surface area contributed by atoms with E-state index in [-0.39, 0.29) is 5.82 Å². The molecule has 0 aliphatic rings. The zero-order chi connectivity index (χ0) is 18.8. The van der Waals surface area contributed by atoms with Crippen LogP contribution in [0.4, 0.5) is 4.39 Å². The summed E-state index contributed by atoms with van der Waals surface area (Å²) >= 11 is 0. The average molecular weight is 342 g/mol. The van der Waals surface area contributed by atoms with E-state index >= 15 is 0 Å². The summed E-state index contributed by atoms with van der Waals surface area (Å²) in [5.41, 5.74) is 9.27. The standard InChI is InChI=1S/C25H23F/c1-16-6-11-24(18(3)12-16)23-10-9-22(17(2)15-23)8-7-21-13-19(4)25(26)20(5)14-21/h6,9-15H,1-5H3. The van der Waals surface area contributed by atoms with Crippen LogP contribution in [0.2, 0.25) is 0 Å². The Bertz CT molecular complexity index is 1020. The van der Waals surface area contributed by atoms with Gasteiger partial charge in [-0.25, -0.2) is 4.39 Å². The van der Waals surface area contributed by atoms with Gasteiger partial charge in [-0.3, -0.25) is 0 Å². The maximum Gasteiger partial charge on any atom is 0.129 e. The van der Waals surface area contributed by atoms with Crippen LogP contribution in [0, 0.1) is 52.3 Å². The van der Waals surface area contributed by atoms with Crippen LogP contribution in [0.3, 0.4) is 0 Å². The third-order valence-electron chi connectivity index (χ3n) is 4.70. The van der Waals surface area contributed by atoms with Crippen molar-refractivity contribution in [2.24, 2.45) is 0 Å². The van der Waals surface area contributed by atoms with E-state index in [0.717, 1.165) is 16.7 Å². The van der Waals surface area contributed by atoms with Gasteiger partial charge in [0.1, 0.15) is 5.82 Å². The lowest BCUT2D eigenvalue weighted by Gasteiger charge is -2.09. The lowest BCUT2D eigenvalue weighted by atomic mass is 9.95. The molecule has 0 aliphatic carbocycles. The molecule has 0 amide bonds. The highest BCUT2D eigenvalue weighted by molar-refractivity contribution is 5.69. The van der Waals surface area contributed by atoms with Gasteiger partial charge >= 0.3 is 0 Å². The van der Waals surface area contributed by atoms with E-state index in [1.165, 1.54) is 22.3 Å². The first kappa shape index (κ1) is 18.0. The Kier molecular flexibility index (Phi) is 4.96. The van der Waals surface area contributed by atoms with Gasteiger partial charge < -0.3 is 0 Å². The summed E-state index contributed by atoms with van der Waals surface area (Å²) in [5, 5.41) is 0. The van der Waals surface area contributed by atoms with Gasteiger partial charge in [0.2, 0.25) is 0 Å². The molecule has 0 atom stereocenters. The molecule has 0 N–H and O–H groups in total. The topological polar surface area (TPSA) is 0 Å². The molecule has 130 valence electrons. The minimum absolute atomic E-state index is 0.149. The van der Waals surface area contributed by atoms with Crippen LogP contribution in [0.25, 0.3) is 11.1 Å². The first-order chi connectivity index (χ1) is 12.3. The summed E-state index contributed by atoms with van der Waals surface area (Å²) in [6.07, 6.45) is 0. The van der Waals surface area contributed by atoms with Crippen molar-refractivity contribution in [2.45, 2.75) is 34.6 Å². The summed E-state index contributed by atoms with van der Waals surface area (Å²) in [6, 6.07) is 16.5. The number of halogens is 1. The molecule has 0 saturated carbocycles. The third-order valence-corrected chi connectivity index (χ3v) is 4.70. The molecule has 0 aliphatic heterocycles. The number of hydrogen-bond acceptors (Lipinski definition) is 0. The zero-order valence-electron chi connectivity index (χ0n) is 16.0. The highest BCUT2D eigenvalue weighted by atomic mass is 19.1. The minimum Gasteiger partial charge on any atom is -0.206 e. The predicted molar refractivity (Wildman–Crippen MR) is 108 cm³/mol. The summed E-state index contributed by atoms with van der Waals surface area (Å²) in [7, 11) is 0. The molecular formula is C25H23F. The lowest BCUT2D eigenvalue weighted by Crippen LogP contribution is -1.90. The number of benzene rings is 3. The maximum absolute atomic E-state index is 13.8. The van der Waals surface area contributed by atoms with Crippen molar-refractivity contribution in [2.75, 3.05) is 0 Å². The molecule has 0 saturated heterocycles. The fraction of sp³-hybridized carbons (Fsp3) is 0.200. The van der Waals surface area contributed by atoms with Gasteiger partial charge in [0, 0.05) is 11.1 Å². The molecule has 0 unspecified atom stereocenters. The van der Waals surface area contributed by atoms with Crippen LogP contribution < -0.4 is 0 Å². The molecule has 0 bridgehead atoms. The summed E-state index contributed by atoms with van der Waals surface area (Å²) in [4.78, 5) is 0. The molecule has 3 rings (SSSR count). The van der Waals surface area contributed by atoms with Crippen molar-refractivity contribution in [3.05, 3.63) is 93.3 Å². The van der Waals surface area contributed by atoms with E-state index in [1.54, 1.807) is 26.0 Å². The van der Waals surface area contributed by atoms with Gasteiger partial charge in [-0.1, -0.05) is 47.7 Å². The van der Waals surface area contributed by atoms with E-state index in [1.807, 2.05) is 0 Å². The molecule has 0 heterocycles. The summed E-state index contributed by atoms with van der Waals surface area (Å²) in [5.74, 6) is 6.26. The van der Waals surface area contributed by atoms with Crippen LogP contribution >= 0.6 is 0 Å². The van der Waals surface area contributed by atoms with Crippen molar-refractivity contribution in [3.63, 3.8) is 0 Å². The Morgan fingerprint density at radius 1 is 0.654 bits per heavy atom. The second kappa shape index (κ2) is 7.18. The van der Waals surface area contributed by atoms with E-state index in [2.05, 4.69) is 69.0 Å². The second-order valence-electron chi connectivity index (χ2n) is 7.02. The Morgan fingerprint density at radius 3 is 1.96 bits per heavy atom. The minimum atomic E-state index is -0.149.